The third kappa shape index (κ3) is 4.49. The first-order valence-corrected chi connectivity index (χ1v) is 7.17. The van der Waals surface area contributed by atoms with Crippen LogP contribution in [0.4, 0.5) is 5.69 Å². The highest BCUT2D eigenvalue weighted by Crippen LogP contribution is 2.19. The van der Waals surface area contributed by atoms with Gasteiger partial charge in [-0.3, -0.25) is 4.98 Å². The van der Waals surface area contributed by atoms with Crippen LogP contribution in [0.15, 0.2) is 6.07 Å². The molecule has 0 aliphatic carbocycles. The molecule has 0 aromatic carbocycles. The van der Waals surface area contributed by atoms with E-state index in [1.807, 2.05) is 6.92 Å². The lowest BCUT2D eigenvalue weighted by Gasteiger charge is -2.18. The Morgan fingerprint density at radius 1 is 1.35 bits per heavy atom. The minimum atomic E-state index is -0.929. The number of hydrogen-bond acceptors (Lipinski definition) is 4. The number of anilines is 1. The summed E-state index contributed by atoms with van der Waals surface area (Å²) in [5, 5.41) is 12.5. The molecule has 0 aliphatic rings. The summed E-state index contributed by atoms with van der Waals surface area (Å²) < 4.78 is 0. The number of carboxylic acid groups (broad SMARTS) is 1. The zero-order valence-corrected chi connectivity index (χ0v) is 12.9. The van der Waals surface area contributed by atoms with Crippen molar-refractivity contribution in [1.29, 1.82) is 0 Å². The van der Waals surface area contributed by atoms with Gasteiger partial charge in [-0.05, 0) is 46.0 Å². The Labute approximate surface area is 121 Å². The molecule has 0 saturated heterocycles. The van der Waals surface area contributed by atoms with Crippen molar-refractivity contribution in [3.63, 3.8) is 0 Å². The zero-order chi connectivity index (χ0) is 15.1. The van der Waals surface area contributed by atoms with E-state index in [2.05, 4.69) is 29.0 Å². The maximum atomic E-state index is 11.3. The number of hydrogen-bond donors (Lipinski definition) is 2. The molecule has 0 saturated carbocycles. The smallest absolute Gasteiger partial charge is 0.339 e. The Bertz CT molecular complexity index is 457. The Balaban J connectivity index is 2.66. The van der Waals surface area contributed by atoms with Crippen molar-refractivity contribution in [1.82, 2.24) is 9.88 Å². The average Bonchev–Trinajstić information content (AvgIpc) is 2.37. The number of aryl methyl sites for hydroxylation is 2. The highest BCUT2D eigenvalue weighted by molar-refractivity contribution is 5.95. The number of nitrogens with one attached hydrogen (secondary N) is 1. The molecule has 5 heteroatoms. The van der Waals surface area contributed by atoms with Crippen LogP contribution >= 0.6 is 0 Å². The molecular weight excluding hydrogens is 254 g/mol. The van der Waals surface area contributed by atoms with Crippen LogP contribution in [-0.4, -0.2) is 47.1 Å². The van der Waals surface area contributed by atoms with Crippen molar-refractivity contribution in [2.75, 3.05) is 31.5 Å². The van der Waals surface area contributed by atoms with Crippen molar-refractivity contribution < 1.29 is 9.90 Å². The Morgan fingerprint density at radius 3 is 2.55 bits per heavy atom. The molecule has 0 bridgehead atoms. The molecule has 1 aromatic heterocycles. The summed E-state index contributed by atoms with van der Waals surface area (Å²) in [5.41, 5.74) is 2.34. The lowest BCUT2D eigenvalue weighted by atomic mass is 10.1. The Kier molecular flexibility index (Phi) is 6.45. The second-order valence-electron chi connectivity index (χ2n) is 4.88. The highest BCUT2D eigenvalue weighted by atomic mass is 16.4. The van der Waals surface area contributed by atoms with Gasteiger partial charge in [-0.2, -0.15) is 0 Å². The first-order chi connectivity index (χ1) is 9.49. The molecule has 5 nitrogen and oxygen atoms in total. The fourth-order valence-corrected chi connectivity index (χ4v) is 2.30. The minimum Gasteiger partial charge on any atom is -0.478 e. The number of carboxylic acids is 1. The first-order valence-electron chi connectivity index (χ1n) is 7.17. The fourth-order valence-electron chi connectivity index (χ4n) is 2.30. The topological polar surface area (TPSA) is 65.5 Å². The summed E-state index contributed by atoms with van der Waals surface area (Å²) in [6.07, 6.45) is 0.987. The molecule has 0 spiro atoms. The molecule has 1 heterocycles. The predicted molar refractivity (Wildman–Crippen MR) is 81.6 cm³/mol. The van der Waals surface area contributed by atoms with Crippen molar-refractivity contribution in [3.8, 4) is 0 Å². The van der Waals surface area contributed by atoms with E-state index in [9.17, 15) is 9.90 Å². The SMILES string of the molecule is CCN(CC)CCCNc1cc(C)nc(C)c1C(=O)O. The number of aromatic nitrogens is 1. The zero-order valence-electron chi connectivity index (χ0n) is 12.9. The first kappa shape index (κ1) is 16.4. The van der Waals surface area contributed by atoms with Gasteiger partial charge in [-0.15, -0.1) is 0 Å². The van der Waals surface area contributed by atoms with E-state index in [4.69, 9.17) is 0 Å². The average molecular weight is 279 g/mol. The molecule has 20 heavy (non-hydrogen) atoms. The second kappa shape index (κ2) is 7.85. The predicted octanol–water partition coefficient (Wildman–Crippen LogP) is 2.54. The lowest BCUT2D eigenvalue weighted by Crippen LogP contribution is -2.25. The molecule has 2 N–H and O–H groups in total. The van der Waals surface area contributed by atoms with Gasteiger partial charge in [-0.25, -0.2) is 4.79 Å². The quantitative estimate of drug-likeness (QED) is 0.716. The molecule has 0 fully saturated rings. The van der Waals surface area contributed by atoms with Crippen LogP contribution in [-0.2, 0) is 0 Å². The maximum Gasteiger partial charge on any atom is 0.339 e. The normalized spacial score (nSPS) is 10.8. The summed E-state index contributed by atoms with van der Waals surface area (Å²) in [6.45, 7) is 11.8. The van der Waals surface area contributed by atoms with Gasteiger partial charge in [0.1, 0.15) is 5.56 Å². The van der Waals surface area contributed by atoms with Gasteiger partial charge in [0.15, 0.2) is 0 Å². The van der Waals surface area contributed by atoms with E-state index in [-0.39, 0.29) is 5.56 Å². The summed E-state index contributed by atoms with van der Waals surface area (Å²) in [6, 6.07) is 1.80. The Hall–Kier alpha value is -1.62. The van der Waals surface area contributed by atoms with Crippen LogP contribution in [0.2, 0.25) is 0 Å². The van der Waals surface area contributed by atoms with E-state index in [0.29, 0.717) is 11.4 Å². The van der Waals surface area contributed by atoms with Gasteiger partial charge >= 0.3 is 5.97 Å². The van der Waals surface area contributed by atoms with Crippen LogP contribution in [0.5, 0.6) is 0 Å². The molecule has 0 unspecified atom stereocenters. The molecule has 1 aromatic rings. The van der Waals surface area contributed by atoms with Crippen molar-refractivity contribution >= 4 is 11.7 Å². The van der Waals surface area contributed by atoms with Crippen LogP contribution < -0.4 is 5.32 Å². The number of rotatable bonds is 8. The van der Waals surface area contributed by atoms with Crippen molar-refractivity contribution in [2.24, 2.45) is 0 Å². The van der Waals surface area contributed by atoms with Gasteiger partial charge in [-0.1, -0.05) is 13.8 Å². The molecule has 1 rings (SSSR count). The Morgan fingerprint density at radius 2 is 2.00 bits per heavy atom. The number of pyridine rings is 1. The van der Waals surface area contributed by atoms with Crippen LogP contribution in [0.1, 0.15) is 42.0 Å². The van der Waals surface area contributed by atoms with Gasteiger partial charge in [0.05, 0.1) is 11.4 Å². The lowest BCUT2D eigenvalue weighted by molar-refractivity contribution is 0.0696. The maximum absolute atomic E-state index is 11.3. The molecule has 112 valence electrons. The van der Waals surface area contributed by atoms with Crippen LogP contribution in [0.25, 0.3) is 0 Å². The standard InChI is InChI=1S/C15H25N3O2/c1-5-18(6-2)9-7-8-16-13-10-11(3)17-12(4)14(13)15(19)20/h10H,5-9H2,1-4H3,(H,16,17)(H,19,20). The minimum absolute atomic E-state index is 0.276. The summed E-state index contributed by atoms with van der Waals surface area (Å²) in [4.78, 5) is 17.9. The van der Waals surface area contributed by atoms with E-state index >= 15 is 0 Å². The van der Waals surface area contributed by atoms with Crippen molar-refractivity contribution in [2.45, 2.75) is 34.1 Å². The molecule has 0 radical (unpaired) electrons. The fraction of sp³-hybridized carbons (Fsp3) is 0.600. The molecule has 0 amide bonds. The third-order valence-electron chi connectivity index (χ3n) is 3.40. The second-order valence-corrected chi connectivity index (χ2v) is 4.88. The summed E-state index contributed by atoms with van der Waals surface area (Å²) in [7, 11) is 0. The summed E-state index contributed by atoms with van der Waals surface area (Å²) >= 11 is 0. The number of carbonyl (C=O) groups is 1. The van der Waals surface area contributed by atoms with Gasteiger partial charge in [0.2, 0.25) is 0 Å². The van der Waals surface area contributed by atoms with Crippen LogP contribution in [0, 0.1) is 13.8 Å². The van der Waals surface area contributed by atoms with Gasteiger partial charge in [0.25, 0.3) is 0 Å². The van der Waals surface area contributed by atoms with E-state index in [0.717, 1.165) is 38.3 Å². The monoisotopic (exact) mass is 279 g/mol. The van der Waals surface area contributed by atoms with E-state index < -0.39 is 5.97 Å². The third-order valence-corrected chi connectivity index (χ3v) is 3.40. The van der Waals surface area contributed by atoms with E-state index in [1.165, 1.54) is 0 Å². The van der Waals surface area contributed by atoms with Gasteiger partial charge in [0, 0.05) is 12.2 Å². The van der Waals surface area contributed by atoms with Crippen LogP contribution in [0.3, 0.4) is 0 Å². The number of nitrogens with zero attached hydrogens (tertiary/aromatic N) is 2. The largest absolute Gasteiger partial charge is 0.478 e. The van der Waals surface area contributed by atoms with Crippen molar-refractivity contribution in [3.05, 3.63) is 23.0 Å². The molecule has 0 atom stereocenters. The molecular formula is C15H25N3O2. The number of aromatic carboxylic acids is 1. The molecule has 0 aliphatic heterocycles. The highest BCUT2D eigenvalue weighted by Gasteiger charge is 2.14. The summed E-state index contributed by atoms with van der Waals surface area (Å²) in [5.74, 6) is -0.929. The van der Waals surface area contributed by atoms with E-state index in [1.54, 1.807) is 13.0 Å². The van der Waals surface area contributed by atoms with Gasteiger partial charge < -0.3 is 15.3 Å².